The number of rotatable bonds is 8. The third kappa shape index (κ3) is 4.21. The van der Waals surface area contributed by atoms with E-state index in [1.807, 2.05) is 33.8 Å². The van der Waals surface area contributed by atoms with Crippen molar-refractivity contribution in [3.8, 4) is 0 Å². The minimum atomic E-state index is -3.52. The number of hydrogen-bond acceptors (Lipinski definition) is 3. The Bertz CT molecular complexity index is 522. The van der Waals surface area contributed by atoms with Crippen molar-refractivity contribution in [2.75, 3.05) is 11.9 Å². The van der Waals surface area contributed by atoms with Crippen LogP contribution in [0.1, 0.15) is 47.0 Å². The molecule has 0 heterocycles. The highest BCUT2D eigenvalue weighted by Crippen LogP contribution is 2.24. The van der Waals surface area contributed by atoms with Crippen LogP contribution in [0, 0.1) is 0 Å². The van der Waals surface area contributed by atoms with Crippen LogP contribution < -0.4 is 10.0 Å². The van der Waals surface area contributed by atoms with Crippen molar-refractivity contribution in [3.63, 3.8) is 0 Å². The van der Waals surface area contributed by atoms with Crippen molar-refractivity contribution >= 4 is 15.7 Å². The van der Waals surface area contributed by atoms with Gasteiger partial charge >= 0.3 is 0 Å². The molecule has 0 atom stereocenters. The van der Waals surface area contributed by atoms with E-state index in [1.54, 1.807) is 18.2 Å². The van der Waals surface area contributed by atoms with Crippen molar-refractivity contribution in [1.29, 1.82) is 0 Å². The van der Waals surface area contributed by atoms with Gasteiger partial charge in [0.1, 0.15) is 4.90 Å². The van der Waals surface area contributed by atoms with Gasteiger partial charge in [-0.25, -0.2) is 13.1 Å². The molecule has 0 saturated heterocycles. The Labute approximate surface area is 123 Å². The Morgan fingerprint density at radius 2 is 1.70 bits per heavy atom. The molecule has 2 N–H and O–H groups in total. The summed E-state index contributed by atoms with van der Waals surface area (Å²) < 4.78 is 28.0. The predicted molar refractivity (Wildman–Crippen MR) is 84.5 cm³/mol. The number of hydrogen-bond donors (Lipinski definition) is 2. The van der Waals surface area contributed by atoms with Gasteiger partial charge in [-0.15, -0.1) is 0 Å². The van der Waals surface area contributed by atoms with Gasteiger partial charge in [0.15, 0.2) is 0 Å². The van der Waals surface area contributed by atoms with E-state index < -0.39 is 15.6 Å². The molecule has 0 aliphatic carbocycles. The molecule has 1 aromatic carbocycles. The Balaban J connectivity index is 3.09. The van der Waals surface area contributed by atoms with Crippen LogP contribution in [-0.2, 0) is 10.0 Å². The van der Waals surface area contributed by atoms with E-state index in [2.05, 4.69) is 10.0 Å². The molecule has 0 unspecified atom stereocenters. The Morgan fingerprint density at radius 3 is 2.25 bits per heavy atom. The van der Waals surface area contributed by atoms with Gasteiger partial charge in [-0.05, 0) is 38.3 Å². The van der Waals surface area contributed by atoms with E-state index >= 15 is 0 Å². The van der Waals surface area contributed by atoms with E-state index in [9.17, 15) is 8.42 Å². The molecule has 5 heteroatoms. The molecule has 1 aromatic rings. The van der Waals surface area contributed by atoms with Gasteiger partial charge in [0.05, 0.1) is 5.69 Å². The predicted octanol–water partition coefficient (Wildman–Crippen LogP) is 3.37. The summed E-state index contributed by atoms with van der Waals surface area (Å²) in [4.78, 5) is 0.321. The van der Waals surface area contributed by atoms with Crippen LogP contribution in [0.15, 0.2) is 29.2 Å². The third-order valence-electron chi connectivity index (χ3n) is 3.68. The summed E-state index contributed by atoms with van der Waals surface area (Å²) in [5.41, 5.74) is 0.257. The fraction of sp³-hybridized carbons (Fsp3) is 0.600. The lowest BCUT2D eigenvalue weighted by Gasteiger charge is -2.28. The highest BCUT2D eigenvalue weighted by atomic mass is 32.2. The zero-order valence-electron chi connectivity index (χ0n) is 12.9. The zero-order valence-corrected chi connectivity index (χ0v) is 13.7. The van der Waals surface area contributed by atoms with Crippen LogP contribution in [-0.4, -0.2) is 20.5 Å². The Morgan fingerprint density at radius 1 is 1.10 bits per heavy atom. The van der Waals surface area contributed by atoms with Crippen molar-refractivity contribution in [2.24, 2.45) is 0 Å². The molecule has 0 fully saturated rings. The highest BCUT2D eigenvalue weighted by molar-refractivity contribution is 7.89. The summed E-state index contributed by atoms with van der Waals surface area (Å²) >= 11 is 0. The minimum Gasteiger partial charge on any atom is -0.384 e. The summed E-state index contributed by atoms with van der Waals surface area (Å²) in [6, 6.07) is 7.04. The van der Waals surface area contributed by atoms with Crippen LogP contribution in [0.25, 0.3) is 0 Å². The normalized spacial score (nSPS) is 12.4. The molecular formula is C15H26N2O2S. The molecule has 0 saturated carbocycles. The van der Waals surface area contributed by atoms with E-state index in [1.165, 1.54) is 0 Å². The second kappa shape index (κ2) is 7.09. The number of nitrogens with one attached hydrogen (secondary N) is 2. The molecule has 0 aliphatic rings. The number of benzene rings is 1. The first kappa shape index (κ1) is 17.0. The lowest BCUT2D eigenvalue weighted by Crippen LogP contribution is -2.44. The van der Waals surface area contributed by atoms with Gasteiger partial charge in [0.2, 0.25) is 10.0 Å². The average Bonchev–Trinajstić information content (AvgIpc) is 2.44. The van der Waals surface area contributed by atoms with E-state index in [4.69, 9.17) is 0 Å². The maximum absolute atomic E-state index is 12.6. The van der Waals surface area contributed by atoms with Crippen LogP contribution >= 0.6 is 0 Å². The quantitative estimate of drug-likeness (QED) is 0.773. The van der Waals surface area contributed by atoms with E-state index in [-0.39, 0.29) is 0 Å². The summed E-state index contributed by atoms with van der Waals surface area (Å²) in [5.74, 6) is 0. The fourth-order valence-corrected chi connectivity index (χ4v) is 3.62. The smallest absolute Gasteiger partial charge is 0.243 e. The van der Waals surface area contributed by atoms with Crippen LogP contribution in [0.5, 0.6) is 0 Å². The van der Waals surface area contributed by atoms with Gasteiger partial charge in [-0.2, -0.15) is 0 Å². The summed E-state index contributed by atoms with van der Waals surface area (Å²) in [5, 5.41) is 3.17. The second-order valence-electron chi connectivity index (χ2n) is 5.30. The van der Waals surface area contributed by atoms with Crippen molar-refractivity contribution in [1.82, 2.24) is 4.72 Å². The van der Waals surface area contributed by atoms with Gasteiger partial charge in [-0.1, -0.05) is 32.9 Å². The van der Waals surface area contributed by atoms with Crippen molar-refractivity contribution < 1.29 is 8.42 Å². The highest BCUT2D eigenvalue weighted by Gasteiger charge is 2.28. The standard InChI is InChI=1S/C15H26N2O2S/c1-5-12-16-13-10-8-9-11-14(13)20(18,19)17-15(4,6-2)7-3/h8-11,16-17H,5-7,12H2,1-4H3. The molecular weight excluding hydrogens is 272 g/mol. The number of anilines is 1. The molecule has 1 rings (SSSR count). The SMILES string of the molecule is CCCNc1ccccc1S(=O)(=O)NC(C)(CC)CC. The topological polar surface area (TPSA) is 58.2 Å². The first-order chi connectivity index (χ1) is 9.38. The molecule has 0 bridgehead atoms. The minimum absolute atomic E-state index is 0.321. The van der Waals surface area contributed by atoms with Gasteiger partial charge in [0, 0.05) is 12.1 Å². The van der Waals surface area contributed by atoms with Crippen LogP contribution in [0.4, 0.5) is 5.69 Å². The number of sulfonamides is 1. The third-order valence-corrected chi connectivity index (χ3v) is 5.38. The van der Waals surface area contributed by atoms with Crippen LogP contribution in [0.3, 0.4) is 0 Å². The van der Waals surface area contributed by atoms with Gasteiger partial charge < -0.3 is 5.32 Å². The largest absolute Gasteiger partial charge is 0.384 e. The summed E-state index contributed by atoms with van der Waals surface area (Å²) in [7, 11) is -3.52. The first-order valence-corrected chi connectivity index (χ1v) is 8.73. The average molecular weight is 298 g/mol. The number of para-hydroxylation sites is 1. The second-order valence-corrected chi connectivity index (χ2v) is 6.95. The van der Waals surface area contributed by atoms with Gasteiger partial charge in [-0.3, -0.25) is 0 Å². The lowest BCUT2D eigenvalue weighted by molar-refractivity contribution is 0.389. The zero-order chi connectivity index (χ0) is 15.2. The first-order valence-electron chi connectivity index (χ1n) is 7.25. The molecule has 0 aliphatic heterocycles. The molecule has 114 valence electrons. The molecule has 20 heavy (non-hydrogen) atoms. The van der Waals surface area contributed by atoms with Gasteiger partial charge in [0.25, 0.3) is 0 Å². The maximum Gasteiger partial charge on any atom is 0.243 e. The fourth-order valence-electron chi connectivity index (χ4n) is 1.88. The Kier molecular flexibility index (Phi) is 6.02. The molecule has 0 aromatic heterocycles. The van der Waals surface area contributed by atoms with Crippen LogP contribution in [0.2, 0.25) is 0 Å². The molecule has 0 spiro atoms. The van der Waals surface area contributed by atoms with Crippen molar-refractivity contribution in [3.05, 3.63) is 24.3 Å². The monoisotopic (exact) mass is 298 g/mol. The molecule has 4 nitrogen and oxygen atoms in total. The summed E-state index contributed by atoms with van der Waals surface area (Å²) in [6.45, 7) is 8.73. The van der Waals surface area contributed by atoms with Crippen molar-refractivity contribution in [2.45, 2.75) is 57.4 Å². The Hall–Kier alpha value is -1.07. The lowest BCUT2D eigenvalue weighted by atomic mass is 9.98. The molecule has 0 amide bonds. The summed E-state index contributed by atoms with van der Waals surface area (Å²) in [6.07, 6.45) is 2.46. The molecule has 0 radical (unpaired) electrons. The van der Waals surface area contributed by atoms with E-state index in [0.717, 1.165) is 25.8 Å². The maximum atomic E-state index is 12.6. The van der Waals surface area contributed by atoms with E-state index in [0.29, 0.717) is 10.6 Å².